The molecule has 0 bridgehead atoms. The monoisotopic (exact) mass is 259 g/mol. The number of nitrogens with one attached hydrogen (secondary N) is 1. The fraction of sp³-hybridized carbons (Fsp3) is 0.647. The number of benzene rings is 1. The van der Waals surface area contributed by atoms with Crippen molar-refractivity contribution in [1.29, 1.82) is 0 Å². The molecule has 1 N–H and O–H groups in total. The van der Waals surface area contributed by atoms with Gasteiger partial charge in [-0.25, -0.2) is 0 Å². The molecule has 1 heterocycles. The molecule has 1 aliphatic heterocycles. The SMILES string of the molecule is CCNC1CC2(CCCC2)Oc2c1ccc(C)c2C. The van der Waals surface area contributed by atoms with Gasteiger partial charge in [0.25, 0.3) is 0 Å². The summed E-state index contributed by atoms with van der Waals surface area (Å²) in [6.07, 6.45) is 6.22. The smallest absolute Gasteiger partial charge is 0.128 e. The first-order valence-corrected chi connectivity index (χ1v) is 7.68. The molecule has 0 amide bonds. The summed E-state index contributed by atoms with van der Waals surface area (Å²) in [6, 6.07) is 4.95. The lowest BCUT2D eigenvalue weighted by Crippen LogP contribution is -2.42. The third kappa shape index (κ3) is 2.16. The zero-order valence-corrected chi connectivity index (χ0v) is 12.4. The maximum atomic E-state index is 6.53. The van der Waals surface area contributed by atoms with Crippen LogP contribution < -0.4 is 10.1 Å². The fourth-order valence-electron chi connectivity index (χ4n) is 3.72. The molecule has 2 aliphatic rings. The molecule has 0 saturated heterocycles. The predicted molar refractivity (Wildman–Crippen MR) is 78.8 cm³/mol. The first-order valence-electron chi connectivity index (χ1n) is 7.68. The lowest BCUT2D eigenvalue weighted by Gasteiger charge is -2.41. The van der Waals surface area contributed by atoms with E-state index in [1.54, 1.807) is 0 Å². The maximum Gasteiger partial charge on any atom is 0.128 e. The molecule has 2 nitrogen and oxygen atoms in total. The fourth-order valence-corrected chi connectivity index (χ4v) is 3.72. The van der Waals surface area contributed by atoms with Crippen molar-refractivity contribution in [3.8, 4) is 5.75 Å². The van der Waals surface area contributed by atoms with Crippen molar-refractivity contribution in [2.75, 3.05) is 6.54 Å². The average molecular weight is 259 g/mol. The van der Waals surface area contributed by atoms with E-state index in [1.807, 2.05) is 0 Å². The van der Waals surface area contributed by atoms with Crippen LogP contribution in [0.2, 0.25) is 0 Å². The molecule has 104 valence electrons. The van der Waals surface area contributed by atoms with Crippen molar-refractivity contribution in [2.24, 2.45) is 0 Å². The van der Waals surface area contributed by atoms with Crippen LogP contribution in [0.25, 0.3) is 0 Å². The van der Waals surface area contributed by atoms with Gasteiger partial charge in [0.15, 0.2) is 0 Å². The van der Waals surface area contributed by atoms with Crippen LogP contribution in [-0.2, 0) is 0 Å². The molecule has 1 fully saturated rings. The number of hydrogen-bond acceptors (Lipinski definition) is 2. The zero-order chi connectivity index (χ0) is 13.5. The van der Waals surface area contributed by atoms with Crippen LogP contribution in [0.1, 0.15) is 61.8 Å². The first kappa shape index (κ1) is 13.0. The second-order valence-electron chi connectivity index (χ2n) is 6.23. The predicted octanol–water partition coefficient (Wildman–Crippen LogP) is 4.05. The molecule has 1 aromatic rings. The highest BCUT2D eigenvalue weighted by Gasteiger charge is 2.43. The molecular formula is C17H25NO. The van der Waals surface area contributed by atoms with Gasteiger partial charge < -0.3 is 10.1 Å². The van der Waals surface area contributed by atoms with Gasteiger partial charge in [-0.2, -0.15) is 0 Å². The quantitative estimate of drug-likeness (QED) is 0.865. The van der Waals surface area contributed by atoms with Crippen LogP contribution in [-0.4, -0.2) is 12.1 Å². The third-order valence-electron chi connectivity index (χ3n) is 4.94. The van der Waals surface area contributed by atoms with Crippen LogP contribution in [0, 0.1) is 13.8 Å². The molecule has 1 unspecified atom stereocenters. The van der Waals surface area contributed by atoms with E-state index >= 15 is 0 Å². The van der Waals surface area contributed by atoms with E-state index in [2.05, 4.69) is 38.2 Å². The molecule has 0 radical (unpaired) electrons. The van der Waals surface area contributed by atoms with E-state index in [4.69, 9.17) is 4.74 Å². The number of fused-ring (bicyclic) bond motifs is 1. The summed E-state index contributed by atoms with van der Waals surface area (Å²) in [5.74, 6) is 1.17. The Morgan fingerprint density at radius 2 is 2.00 bits per heavy atom. The van der Waals surface area contributed by atoms with Crippen molar-refractivity contribution in [1.82, 2.24) is 5.32 Å². The molecule has 1 spiro atoms. The first-order chi connectivity index (χ1) is 9.15. The maximum absolute atomic E-state index is 6.53. The van der Waals surface area contributed by atoms with E-state index in [1.165, 1.54) is 48.1 Å². The van der Waals surface area contributed by atoms with Crippen LogP contribution in [0.3, 0.4) is 0 Å². The largest absolute Gasteiger partial charge is 0.487 e. The zero-order valence-electron chi connectivity index (χ0n) is 12.4. The standard InChI is InChI=1S/C17H25NO/c1-4-18-15-11-17(9-5-6-10-17)19-16-13(3)12(2)7-8-14(15)16/h7-8,15,18H,4-6,9-11H2,1-3H3. The molecule has 1 atom stereocenters. The summed E-state index contributed by atoms with van der Waals surface area (Å²) in [5, 5.41) is 3.66. The van der Waals surface area contributed by atoms with Crippen molar-refractivity contribution in [3.05, 3.63) is 28.8 Å². The van der Waals surface area contributed by atoms with E-state index in [9.17, 15) is 0 Å². The van der Waals surface area contributed by atoms with Gasteiger partial charge in [-0.1, -0.05) is 19.1 Å². The highest BCUT2D eigenvalue weighted by molar-refractivity contribution is 5.48. The van der Waals surface area contributed by atoms with E-state index < -0.39 is 0 Å². The van der Waals surface area contributed by atoms with Crippen molar-refractivity contribution >= 4 is 0 Å². The van der Waals surface area contributed by atoms with Gasteiger partial charge in [0.05, 0.1) is 0 Å². The lowest BCUT2D eigenvalue weighted by molar-refractivity contribution is 0.0362. The Kier molecular flexibility index (Phi) is 3.30. The Labute approximate surface area is 116 Å². The highest BCUT2D eigenvalue weighted by Crippen LogP contribution is 2.48. The van der Waals surface area contributed by atoms with Crippen LogP contribution in [0.15, 0.2) is 12.1 Å². The summed E-state index contributed by atoms with van der Waals surface area (Å²) < 4.78 is 6.53. The number of ether oxygens (including phenoxy) is 1. The van der Waals surface area contributed by atoms with Gasteiger partial charge >= 0.3 is 0 Å². The topological polar surface area (TPSA) is 21.3 Å². The molecule has 3 rings (SSSR count). The van der Waals surface area contributed by atoms with Gasteiger partial charge in [-0.3, -0.25) is 0 Å². The summed E-state index contributed by atoms with van der Waals surface area (Å²) >= 11 is 0. The van der Waals surface area contributed by atoms with Crippen LogP contribution in [0.4, 0.5) is 0 Å². The second kappa shape index (κ2) is 4.82. The molecule has 1 saturated carbocycles. The number of hydrogen-bond donors (Lipinski definition) is 1. The molecule has 1 aliphatic carbocycles. The Morgan fingerprint density at radius 1 is 1.26 bits per heavy atom. The van der Waals surface area contributed by atoms with E-state index in [-0.39, 0.29) is 5.60 Å². The van der Waals surface area contributed by atoms with Crippen LogP contribution in [0.5, 0.6) is 5.75 Å². The van der Waals surface area contributed by atoms with Crippen LogP contribution >= 0.6 is 0 Å². The minimum Gasteiger partial charge on any atom is -0.487 e. The van der Waals surface area contributed by atoms with E-state index in [0.29, 0.717) is 6.04 Å². The summed E-state index contributed by atoms with van der Waals surface area (Å²) in [4.78, 5) is 0. The Bertz CT molecular complexity index is 474. The minimum atomic E-state index is 0.110. The third-order valence-corrected chi connectivity index (χ3v) is 4.94. The normalized spacial score (nSPS) is 24.3. The van der Waals surface area contributed by atoms with Gasteiger partial charge in [-0.05, 0) is 57.2 Å². The van der Waals surface area contributed by atoms with Gasteiger partial charge in [-0.15, -0.1) is 0 Å². The number of rotatable bonds is 2. The Morgan fingerprint density at radius 3 is 2.68 bits per heavy atom. The lowest BCUT2D eigenvalue weighted by atomic mass is 9.84. The Hall–Kier alpha value is -1.02. The summed E-state index contributed by atoms with van der Waals surface area (Å²) in [6.45, 7) is 7.59. The van der Waals surface area contributed by atoms with Gasteiger partial charge in [0, 0.05) is 18.0 Å². The Balaban J connectivity index is 2.04. The molecule has 0 aromatic heterocycles. The average Bonchev–Trinajstić information content (AvgIpc) is 2.83. The number of aryl methyl sites for hydroxylation is 1. The van der Waals surface area contributed by atoms with Crippen molar-refractivity contribution < 1.29 is 4.74 Å². The molecule has 19 heavy (non-hydrogen) atoms. The minimum absolute atomic E-state index is 0.110. The van der Waals surface area contributed by atoms with Crippen molar-refractivity contribution in [2.45, 2.75) is 64.5 Å². The summed E-state index contributed by atoms with van der Waals surface area (Å²) in [5.41, 5.74) is 4.14. The highest BCUT2D eigenvalue weighted by atomic mass is 16.5. The van der Waals surface area contributed by atoms with Gasteiger partial charge in [0.2, 0.25) is 0 Å². The van der Waals surface area contributed by atoms with Gasteiger partial charge in [0.1, 0.15) is 11.4 Å². The van der Waals surface area contributed by atoms with Crippen molar-refractivity contribution in [3.63, 3.8) is 0 Å². The van der Waals surface area contributed by atoms with E-state index in [0.717, 1.165) is 13.0 Å². The molecule has 1 aromatic carbocycles. The second-order valence-corrected chi connectivity index (χ2v) is 6.23. The molecular weight excluding hydrogens is 234 g/mol. The molecule has 2 heteroatoms. The summed E-state index contributed by atoms with van der Waals surface area (Å²) in [7, 11) is 0.